The molecule has 2 heterocycles. The lowest BCUT2D eigenvalue weighted by Gasteiger charge is -2.27. The smallest absolute Gasteiger partial charge is 0.230 e. The molecule has 1 aromatic carbocycles. The van der Waals surface area contributed by atoms with Crippen LogP contribution in [0.5, 0.6) is 5.75 Å². The molecule has 1 aromatic heterocycles. The molecule has 106 valence electrons. The quantitative estimate of drug-likeness (QED) is 0.938. The highest BCUT2D eigenvalue weighted by Crippen LogP contribution is 2.39. The van der Waals surface area contributed by atoms with Crippen LogP contribution >= 0.6 is 12.4 Å². The van der Waals surface area contributed by atoms with Crippen LogP contribution in [-0.2, 0) is 0 Å². The standard InChI is InChI=1S/C14H15N3O2.ClH/c1-2-10(1)14-16-13(17-19-14)9-3-5-11(6-4-9)18-12-7-15-8-12;/h3-6,10,12,15H,1-2,7-8H2;1H. The Morgan fingerprint density at radius 2 is 1.90 bits per heavy atom. The van der Waals surface area contributed by atoms with Gasteiger partial charge in [-0.2, -0.15) is 4.98 Å². The van der Waals surface area contributed by atoms with Gasteiger partial charge in [0.05, 0.1) is 0 Å². The Hall–Kier alpha value is -1.59. The van der Waals surface area contributed by atoms with Crippen LogP contribution in [0.3, 0.4) is 0 Å². The molecule has 6 heteroatoms. The van der Waals surface area contributed by atoms with Crippen molar-refractivity contribution in [2.24, 2.45) is 0 Å². The van der Waals surface area contributed by atoms with Crippen molar-refractivity contribution in [1.82, 2.24) is 15.5 Å². The van der Waals surface area contributed by atoms with Gasteiger partial charge in [0.2, 0.25) is 11.7 Å². The highest BCUT2D eigenvalue weighted by Gasteiger charge is 2.29. The second kappa shape index (κ2) is 5.42. The van der Waals surface area contributed by atoms with Crippen LogP contribution in [0.15, 0.2) is 28.8 Å². The first kappa shape index (κ1) is 13.4. The SMILES string of the molecule is Cl.c1cc(-c2noc(C3CC3)n2)ccc1OC1CNC1. The molecule has 1 aliphatic carbocycles. The molecule has 0 amide bonds. The first-order valence-corrected chi connectivity index (χ1v) is 6.70. The van der Waals surface area contributed by atoms with E-state index in [1.807, 2.05) is 24.3 Å². The zero-order valence-corrected chi connectivity index (χ0v) is 11.7. The molecule has 5 nitrogen and oxygen atoms in total. The molecule has 4 rings (SSSR count). The summed E-state index contributed by atoms with van der Waals surface area (Å²) in [7, 11) is 0. The van der Waals surface area contributed by atoms with E-state index in [0.29, 0.717) is 17.8 Å². The highest BCUT2D eigenvalue weighted by atomic mass is 35.5. The molecule has 1 N–H and O–H groups in total. The van der Waals surface area contributed by atoms with Crippen molar-refractivity contribution in [1.29, 1.82) is 0 Å². The third kappa shape index (κ3) is 2.64. The van der Waals surface area contributed by atoms with Gasteiger partial charge in [-0.3, -0.25) is 0 Å². The van der Waals surface area contributed by atoms with E-state index in [2.05, 4.69) is 15.5 Å². The fourth-order valence-corrected chi connectivity index (χ4v) is 2.07. The number of ether oxygens (including phenoxy) is 1. The van der Waals surface area contributed by atoms with Gasteiger partial charge in [0.1, 0.15) is 11.9 Å². The van der Waals surface area contributed by atoms with Gasteiger partial charge in [0, 0.05) is 24.6 Å². The maximum absolute atomic E-state index is 5.77. The zero-order chi connectivity index (χ0) is 12.7. The van der Waals surface area contributed by atoms with Gasteiger partial charge in [-0.05, 0) is 37.1 Å². The minimum atomic E-state index is 0. The molecule has 20 heavy (non-hydrogen) atoms. The van der Waals surface area contributed by atoms with Crippen LogP contribution in [0.1, 0.15) is 24.7 Å². The monoisotopic (exact) mass is 293 g/mol. The van der Waals surface area contributed by atoms with Crippen molar-refractivity contribution in [3.8, 4) is 17.1 Å². The van der Waals surface area contributed by atoms with E-state index in [1.165, 1.54) is 12.8 Å². The van der Waals surface area contributed by atoms with Gasteiger partial charge in [0.25, 0.3) is 0 Å². The van der Waals surface area contributed by atoms with Crippen LogP contribution < -0.4 is 10.1 Å². The summed E-state index contributed by atoms with van der Waals surface area (Å²) >= 11 is 0. The van der Waals surface area contributed by atoms with Gasteiger partial charge in [-0.15, -0.1) is 12.4 Å². The van der Waals surface area contributed by atoms with E-state index in [1.54, 1.807) is 0 Å². The van der Waals surface area contributed by atoms with Gasteiger partial charge in [-0.25, -0.2) is 0 Å². The first-order valence-electron chi connectivity index (χ1n) is 6.70. The molecule has 0 atom stereocenters. The molecule has 0 spiro atoms. The van der Waals surface area contributed by atoms with Crippen LogP contribution in [-0.4, -0.2) is 29.3 Å². The lowest BCUT2D eigenvalue weighted by atomic mass is 10.2. The lowest BCUT2D eigenvalue weighted by Crippen LogP contribution is -2.50. The maximum Gasteiger partial charge on any atom is 0.230 e. The van der Waals surface area contributed by atoms with Crippen molar-refractivity contribution in [3.63, 3.8) is 0 Å². The number of halogens is 1. The number of rotatable bonds is 4. The normalized spacial score (nSPS) is 18.2. The summed E-state index contributed by atoms with van der Waals surface area (Å²) in [5, 5.41) is 7.21. The van der Waals surface area contributed by atoms with Crippen LogP contribution in [0.2, 0.25) is 0 Å². The molecule has 2 fully saturated rings. The van der Waals surface area contributed by atoms with E-state index >= 15 is 0 Å². The Balaban J connectivity index is 0.00000121. The van der Waals surface area contributed by atoms with E-state index in [9.17, 15) is 0 Å². The zero-order valence-electron chi connectivity index (χ0n) is 10.9. The third-order valence-electron chi connectivity index (χ3n) is 3.53. The van der Waals surface area contributed by atoms with Crippen molar-refractivity contribution < 1.29 is 9.26 Å². The Morgan fingerprint density at radius 1 is 1.15 bits per heavy atom. The Labute approximate surface area is 123 Å². The van der Waals surface area contributed by atoms with Crippen molar-refractivity contribution >= 4 is 12.4 Å². The second-order valence-electron chi connectivity index (χ2n) is 5.15. The summed E-state index contributed by atoms with van der Waals surface area (Å²) in [4.78, 5) is 4.43. The first-order chi connectivity index (χ1) is 9.38. The third-order valence-corrected chi connectivity index (χ3v) is 3.53. The van der Waals surface area contributed by atoms with Crippen LogP contribution in [0, 0.1) is 0 Å². The van der Waals surface area contributed by atoms with Crippen molar-refractivity contribution in [2.75, 3.05) is 13.1 Å². The summed E-state index contributed by atoms with van der Waals surface area (Å²) in [6.07, 6.45) is 2.64. The lowest BCUT2D eigenvalue weighted by molar-refractivity contribution is 0.142. The molecule has 0 unspecified atom stereocenters. The summed E-state index contributed by atoms with van der Waals surface area (Å²) in [6.45, 7) is 1.86. The van der Waals surface area contributed by atoms with Gasteiger partial charge in [0.15, 0.2) is 0 Å². The highest BCUT2D eigenvalue weighted by molar-refractivity contribution is 5.85. The summed E-state index contributed by atoms with van der Waals surface area (Å²) < 4.78 is 11.0. The molecule has 1 saturated carbocycles. The molecular formula is C14H16ClN3O2. The predicted molar refractivity (Wildman–Crippen MR) is 76.2 cm³/mol. The van der Waals surface area contributed by atoms with Crippen LogP contribution in [0.25, 0.3) is 11.4 Å². The maximum atomic E-state index is 5.77. The summed E-state index contributed by atoms with van der Waals surface area (Å²) in [5.74, 6) is 2.82. The topological polar surface area (TPSA) is 60.2 Å². The van der Waals surface area contributed by atoms with Crippen molar-refractivity contribution in [2.45, 2.75) is 24.9 Å². The number of nitrogens with zero attached hydrogens (tertiary/aromatic N) is 2. The molecule has 2 aliphatic rings. The summed E-state index contributed by atoms with van der Waals surface area (Å²) in [6, 6.07) is 7.87. The van der Waals surface area contributed by atoms with E-state index in [-0.39, 0.29) is 12.4 Å². The van der Waals surface area contributed by atoms with Gasteiger partial charge >= 0.3 is 0 Å². The Kier molecular flexibility index (Phi) is 3.63. The predicted octanol–water partition coefficient (Wildman–Crippen LogP) is 2.39. The molecular weight excluding hydrogens is 278 g/mol. The van der Waals surface area contributed by atoms with Gasteiger partial charge in [-0.1, -0.05) is 5.16 Å². The number of aromatic nitrogens is 2. The Morgan fingerprint density at radius 3 is 2.50 bits per heavy atom. The average molecular weight is 294 g/mol. The fourth-order valence-electron chi connectivity index (χ4n) is 2.07. The van der Waals surface area contributed by atoms with Crippen LogP contribution in [0.4, 0.5) is 0 Å². The largest absolute Gasteiger partial charge is 0.488 e. The molecule has 0 bridgehead atoms. The average Bonchev–Trinajstić information content (AvgIpc) is 3.13. The Bertz CT molecular complexity index is 576. The fraction of sp³-hybridized carbons (Fsp3) is 0.429. The summed E-state index contributed by atoms with van der Waals surface area (Å²) in [5.41, 5.74) is 0.967. The number of benzene rings is 1. The molecule has 2 aromatic rings. The van der Waals surface area contributed by atoms with E-state index in [0.717, 1.165) is 30.3 Å². The van der Waals surface area contributed by atoms with Crippen molar-refractivity contribution in [3.05, 3.63) is 30.2 Å². The number of hydrogen-bond donors (Lipinski definition) is 1. The van der Waals surface area contributed by atoms with E-state index < -0.39 is 0 Å². The number of hydrogen-bond acceptors (Lipinski definition) is 5. The minimum absolute atomic E-state index is 0. The van der Waals surface area contributed by atoms with Gasteiger partial charge < -0.3 is 14.6 Å². The minimum Gasteiger partial charge on any atom is -0.488 e. The second-order valence-corrected chi connectivity index (χ2v) is 5.15. The molecule has 0 radical (unpaired) electrons. The molecule has 1 aliphatic heterocycles. The number of nitrogens with one attached hydrogen (secondary N) is 1. The van der Waals surface area contributed by atoms with E-state index in [4.69, 9.17) is 9.26 Å². The molecule has 1 saturated heterocycles.